The summed E-state index contributed by atoms with van der Waals surface area (Å²) in [7, 11) is -4.11. The fourth-order valence-corrected chi connectivity index (χ4v) is 4.04. The van der Waals surface area contributed by atoms with Gasteiger partial charge in [-0.3, -0.25) is 16.0 Å². The number of halogens is 1. The van der Waals surface area contributed by atoms with Crippen LogP contribution in [0.3, 0.4) is 0 Å². The van der Waals surface area contributed by atoms with Gasteiger partial charge < -0.3 is 5.43 Å². The summed E-state index contributed by atoms with van der Waals surface area (Å²) in [4.78, 5) is 9.22. The van der Waals surface area contributed by atoms with Crippen LogP contribution in [0.4, 0.5) is 15.8 Å². The Morgan fingerprint density at radius 3 is 2.57 bits per heavy atom. The van der Waals surface area contributed by atoms with Crippen LogP contribution >= 0.6 is 0 Å². The van der Waals surface area contributed by atoms with Crippen molar-refractivity contribution in [3.8, 4) is 0 Å². The van der Waals surface area contributed by atoms with E-state index in [0.29, 0.717) is 18.9 Å². The largest absolute Gasteiger partial charge is 0.323 e. The van der Waals surface area contributed by atoms with Gasteiger partial charge >= 0.3 is 0 Å². The lowest BCUT2D eigenvalue weighted by molar-refractivity contribution is -0.385. The number of nitro groups is 1. The zero-order valence-electron chi connectivity index (χ0n) is 11.2. The summed E-state index contributed by atoms with van der Waals surface area (Å²) >= 11 is 0. The van der Waals surface area contributed by atoms with Crippen LogP contribution in [0, 0.1) is 15.9 Å². The molecule has 3 N–H and O–H groups in total. The summed E-state index contributed by atoms with van der Waals surface area (Å²) in [6, 6.07) is 1.32. The van der Waals surface area contributed by atoms with Crippen molar-refractivity contribution in [3.63, 3.8) is 0 Å². The van der Waals surface area contributed by atoms with E-state index in [1.54, 1.807) is 6.92 Å². The predicted octanol–water partition coefficient (Wildman–Crippen LogP) is 1.19. The van der Waals surface area contributed by atoms with E-state index in [4.69, 9.17) is 5.84 Å². The minimum Gasteiger partial charge on any atom is -0.323 e. The summed E-state index contributed by atoms with van der Waals surface area (Å²) in [5, 5.41) is 10.7. The van der Waals surface area contributed by atoms with Crippen molar-refractivity contribution >= 4 is 21.4 Å². The first-order valence-corrected chi connectivity index (χ1v) is 7.73. The number of nitro benzene ring substituents is 1. The molecule has 1 aromatic rings. The quantitative estimate of drug-likeness (QED) is 0.462. The molecule has 1 aliphatic carbocycles. The molecule has 0 atom stereocenters. The summed E-state index contributed by atoms with van der Waals surface area (Å²) in [5.41, 5.74) is 1.12. The smallest absolute Gasteiger partial charge is 0.274 e. The molecule has 10 heteroatoms. The van der Waals surface area contributed by atoms with Crippen LogP contribution < -0.4 is 11.3 Å². The highest BCUT2D eigenvalue weighted by molar-refractivity contribution is 7.89. The Labute approximate surface area is 120 Å². The molecule has 0 heterocycles. The van der Waals surface area contributed by atoms with Gasteiger partial charge in [-0.25, -0.2) is 12.8 Å². The Kier molecular flexibility index (Phi) is 4.12. The van der Waals surface area contributed by atoms with E-state index in [2.05, 4.69) is 0 Å². The standard InChI is InChI=1S/C11H15FN4O4S/c1-2-15(7-3-4-7)21(19,20)11-9(12)5-8(16(17)18)6-10(11)14-13/h5-7,14H,2-4,13H2,1H3. The van der Waals surface area contributed by atoms with Crippen LogP contribution in [0.1, 0.15) is 19.8 Å². The zero-order valence-corrected chi connectivity index (χ0v) is 12.1. The van der Waals surface area contributed by atoms with Gasteiger partial charge in [-0.15, -0.1) is 0 Å². The Morgan fingerprint density at radius 2 is 2.14 bits per heavy atom. The highest BCUT2D eigenvalue weighted by Gasteiger charge is 2.40. The highest BCUT2D eigenvalue weighted by Crippen LogP contribution is 2.36. The molecule has 0 radical (unpaired) electrons. The first-order chi connectivity index (χ1) is 9.82. The number of hydrazine groups is 1. The van der Waals surface area contributed by atoms with Gasteiger partial charge in [0.05, 0.1) is 16.7 Å². The van der Waals surface area contributed by atoms with Crippen LogP contribution in [0.25, 0.3) is 0 Å². The van der Waals surface area contributed by atoms with Gasteiger partial charge in [-0.05, 0) is 12.8 Å². The molecule has 0 saturated heterocycles. The fourth-order valence-electron chi connectivity index (χ4n) is 2.16. The number of nitrogens with two attached hydrogens (primary N) is 1. The Bertz CT molecular complexity index is 675. The van der Waals surface area contributed by atoms with Crippen molar-refractivity contribution in [2.45, 2.75) is 30.7 Å². The number of nitrogens with zero attached hydrogens (tertiary/aromatic N) is 2. The van der Waals surface area contributed by atoms with E-state index < -0.39 is 31.3 Å². The van der Waals surface area contributed by atoms with Crippen molar-refractivity contribution < 1.29 is 17.7 Å². The molecular formula is C11H15FN4O4S. The van der Waals surface area contributed by atoms with Crippen LogP contribution in [0.15, 0.2) is 17.0 Å². The zero-order chi connectivity index (χ0) is 15.8. The molecule has 2 rings (SSSR count). The number of anilines is 1. The minimum absolute atomic E-state index is 0.153. The second-order valence-corrected chi connectivity index (χ2v) is 6.47. The van der Waals surface area contributed by atoms with Crippen LogP contribution in [-0.2, 0) is 10.0 Å². The first kappa shape index (κ1) is 15.6. The van der Waals surface area contributed by atoms with Crippen molar-refractivity contribution in [2.75, 3.05) is 12.0 Å². The van der Waals surface area contributed by atoms with E-state index in [9.17, 15) is 22.9 Å². The minimum atomic E-state index is -4.11. The number of hydrogen-bond donors (Lipinski definition) is 2. The summed E-state index contributed by atoms with van der Waals surface area (Å²) < 4.78 is 40.4. The SMILES string of the molecule is CCN(C1CC1)S(=O)(=O)c1c(F)cc([N+](=O)[O-])cc1NN. The maximum absolute atomic E-state index is 14.1. The number of nitrogen functional groups attached to an aromatic ring is 1. The molecule has 1 fully saturated rings. The third kappa shape index (κ3) is 2.82. The lowest BCUT2D eigenvalue weighted by Crippen LogP contribution is -2.34. The van der Waals surface area contributed by atoms with Gasteiger partial charge in [-0.1, -0.05) is 6.92 Å². The van der Waals surface area contributed by atoms with Crippen molar-refractivity contribution in [1.29, 1.82) is 0 Å². The molecule has 116 valence electrons. The molecule has 1 aromatic carbocycles. The molecule has 0 aromatic heterocycles. The Morgan fingerprint density at radius 1 is 1.52 bits per heavy atom. The van der Waals surface area contributed by atoms with Gasteiger partial charge in [0.1, 0.15) is 4.90 Å². The number of benzene rings is 1. The highest BCUT2D eigenvalue weighted by atomic mass is 32.2. The van der Waals surface area contributed by atoms with E-state index in [-0.39, 0.29) is 18.3 Å². The summed E-state index contributed by atoms with van der Waals surface area (Å²) in [6.45, 7) is 1.84. The monoisotopic (exact) mass is 318 g/mol. The van der Waals surface area contributed by atoms with Crippen LogP contribution in [0.5, 0.6) is 0 Å². The van der Waals surface area contributed by atoms with Crippen LogP contribution in [-0.4, -0.2) is 30.2 Å². The third-order valence-electron chi connectivity index (χ3n) is 3.23. The van der Waals surface area contributed by atoms with Gasteiger partial charge in [0.25, 0.3) is 5.69 Å². The normalized spacial score (nSPS) is 15.2. The molecule has 0 spiro atoms. The average Bonchev–Trinajstić information content (AvgIpc) is 3.22. The molecule has 1 saturated carbocycles. The van der Waals surface area contributed by atoms with Crippen molar-refractivity contribution in [1.82, 2.24) is 4.31 Å². The predicted molar refractivity (Wildman–Crippen MR) is 73.5 cm³/mol. The maximum atomic E-state index is 14.1. The van der Waals surface area contributed by atoms with Crippen LogP contribution in [0.2, 0.25) is 0 Å². The van der Waals surface area contributed by atoms with E-state index in [0.717, 1.165) is 6.07 Å². The fraction of sp³-hybridized carbons (Fsp3) is 0.455. The maximum Gasteiger partial charge on any atom is 0.274 e. The van der Waals surface area contributed by atoms with Gasteiger partial charge in [0.2, 0.25) is 10.0 Å². The number of non-ortho nitro benzene ring substituents is 1. The summed E-state index contributed by atoms with van der Waals surface area (Å²) in [6.07, 6.45) is 1.43. The number of nitrogens with one attached hydrogen (secondary N) is 1. The number of rotatable bonds is 6. The second-order valence-electron chi connectivity index (χ2n) is 4.65. The molecule has 0 unspecified atom stereocenters. The second kappa shape index (κ2) is 5.54. The molecule has 0 amide bonds. The molecule has 21 heavy (non-hydrogen) atoms. The lowest BCUT2D eigenvalue weighted by Gasteiger charge is -2.21. The van der Waals surface area contributed by atoms with E-state index in [1.807, 2.05) is 5.43 Å². The number of hydrogen-bond acceptors (Lipinski definition) is 6. The third-order valence-corrected chi connectivity index (χ3v) is 5.33. The molecule has 0 bridgehead atoms. The number of sulfonamides is 1. The first-order valence-electron chi connectivity index (χ1n) is 6.29. The Hall–Kier alpha value is -1.78. The van der Waals surface area contributed by atoms with Gasteiger partial charge in [0, 0.05) is 18.7 Å². The van der Waals surface area contributed by atoms with Gasteiger partial charge in [-0.2, -0.15) is 4.31 Å². The molecule has 1 aliphatic rings. The van der Waals surface area contributed by atoms with Gasteiger partial charge in [0.15, 0.2) is 5.82 Å². The summed E-state index contributed by atoms with van der Waals surface area (Å²) in [5.74, 6) is 4.00. The molecule has 8 nitrogen and oxygen atoms in total. The Balaban J connectivity index is 2.59. The lowest BCUT2D eigenvalue weighted by atomic mass is 10.3. The van der Waals surface area contributed by atoms with Crippen molar-refractivity contribution in [2.24, 2.45) is 5.84 Å². The van der Waals surface area contributed by atoms with E-state index >= 15 is 0 Å². The molecular weight excluding hydrogens is 303 g/mol. The average molecular weight is 318 g/mol. The van der Waals surface area contributed by atoms with Crippen molar-refractivity contribution in [3.05, 3.63) is 28.1 Å². The van der Waals surface area contributed by atoms with E-state index in [1.165, 1.54) is 4.31 Å². The molecule has 0 aliphatic heterocycles. The topological polar surface area (TPSA) is 119 Å².